The zero-order valence-corrected chi connectivity index (χ0v) is 9.02. The van der Waals surface area contributed by atoms with Crippen LogP contribution in [0.15, 0.2) is 18.2 Å². The van der Waals surface area contributed by atoms with Gasteiger partial charge in [0.2, 0.25) is 9.05 Å². The lowest BCUT2D eigenvalue weighted by Crippen LogP contribution is -1.99. The lowest BCUT2D eigenvalue weighted by molar-refractivity contribution is 0.507. The van der Waals surface area contributed by atoms with Crippen LogP contribution in [-0.4, -0.2) is 13.7 Å². The lowest BCUT2D eigenvalue weighted by atomic mass is 10.1. The predicted octanol–water partition coefficient (Wildman–Crippen LogP) is 2.39. The zero-order chi connectivity index (χ0) is 11.2. The molecule has 0 aliphatic heterocycles. The summed E-state index contributed by atoms with van der Waals surface area (Å²) in [4.78, 5) is 0. The van der Waals surface area contributed by atoms with Crippen LogP contribution in [0, 0.1) is 11.6 Å². The normalized spacial score (nSPS) is 25.3. The maximum absolute atomic E-state index is 12.8. The van der Waals surface area contributed by atoms with Gasteiger partial charge < -0.3 is 0 Å². The topological polar surface area (TPSA) is 34.1 Å². The third-order valence-electron chi connectivity index (χ3n) is 2.47. The summed E-state index contributed by atoms with van der Waals surface area (Å²) in [5.41, 5.74) is 0.475. The number of rotatable bonds is 2. The van der Waals surface area contributed by atoms with Crippen molar-refractivity contribution >= 4 is 19.7 Å². The van der Waals surface area contributed by atoms with Crippen molar-refractivity contribution in [2.45, 2.75) is 17.6 Å². The van der Waals surface area contributed by atoms with E-state index in [2.05, 4.69) is 0 Å². The van der Waals surface area contributed by atoms with Crippen molar-refractivity contribution < 1.29 is 17.2 Å². The Kier molecular flexibility index (Phi) is 2.47. The van der Waals surface area contributed by atoms with E-state index < -0.39 is 25.9 Å². The van der Waals surface area contributed by atoms with Gasteiger partial charge in [0.25, 0.3) is 0 Å². The first-order valence-corrected chi connectivity index (χ1v) is 6.65. The van der Waals surface area contributed by atoms with Gasteiger partial charge in [-0.3, -0.25) is 0 Å². The Hall–Kier alpha value is -0.680. The standard InChI is InChI=1S/C9H7ClF2O2S/c10-15(13,14)9-4-6(9)5-1-2-7(11)8(12)3-5/h1-3,6,9H,4H2. The molecule has 2 unspecified atom stereocenters. The van der Waals surface area contributed by atoms with Gasteiger partial charge in [0.05, 0.1) is 5.25 Å². The van der Waals surface area contributed by atoms with E-state index in [0.717, 1.165) is 12.1 Å². The molecule has 1 aromatic rings. The summed E-state index contributed by atoms with van der Waals surface area (Å²) in [6.45, 7) is 0. The first-order valence-electron chi connectivity index (χ1n) is 4.28. The van der Waals surface area contributed by atoms with Gasteiger partial charge in [-0.25, -0.2) is 17.2 Å². The van der Waals surface area contributed by atoms with Crippen LogP contribution in [0.5, 0.6) is 0 Å². The second kappa shape index (κ2) is 3.42. The molecule has 1 aromatic carbocycles. The largest absolute Gasteiger partial charge is 0.236 e. The van der Waals surface area contributed by atoms with Crippen LogP contribution in [0.25, 0.3) is 0 Å². The molecule has 2 rings (SSSR count). The molecular formula is C9H7ClF2O2S. The van der Waals surface area contributed by atoms with E-state index in [1.807, 2.05) is 0 Å². The fourth-order valence-corrected chi connectivity index (χ4v) is 3.15. The van der Waals surface area contributed by atoms with E-state index in [0.29, 0.717) is 12.0 Å². The maximum Gasteiger partial charge on any atom is 0.236 e. The molecule has 0 saturated heterocycles. The van der Waals surface area contributed by atoms with Crippen molar-refractivity contribution in [3.63, 3.8) is 0 Å². The molecule has 82 valence electrons. The Morgan fingerprint density at radius 2 is 1.93 bits per heavy atom. The van der Waals surface area contributed by atoms with Crippen molar-refractivity contribution in [1.29, 1.82) is 0 Å². The minimum Gasteiger partial charge on any atom is -0.212 e. The number of benzene rings is 1. The molecule has 1 aliphatic rings. The van der Waals surface area contributed by atoms with Gasteiger partial charge in [-0.1, -0.05) is 6.07 Å². The highest BCUT2D eigenvalue weighted by molar-refractivity contribution is 8.14. The zero-order valence-electron chi connectivity index (χ0n) is 7.45. The number of hydrogen-bond donors (Lipinski definition) is 0. The summed E-state index contributed by atoms with van der Waals surface area (Å²) in [6.07, 6.45) is 0.372. The van der Waals surface area contributed by atoms with Crippen molar-refractivity contribution in [1.82, 2.24) is 0 Å². The molecule has 6 heteroatoms. The van der Waals surface area contributed by atoms with Crippen LogP contribution >= 0.6 is 10.7 Å². The summed E-state index contributed by atoms with van der Waals surface area (Å²) in [6, 6.07) is 3.38. The molecule has 2 nitrogen and oxygen atoms in total. The average molecular weight is 253 g/mol. The molecule has 1 aliphatic carbocycles. The molecule has 0 aromatic heterocycles. The average Bonchev–Trinajstić information content (AvgIpc) is 2.87. The molecule has 0 N–H and O–H groups in total. The van der Waals surface area contributed by atoms with Crippen LogP contribution in [0.1, 0.15) is 17.9 Å². The van der Waals surface area contributed by atoms with E-state index in [9.17, 15) is 17.2 Å². The molecule has 0 spiro atoms. The van der Waals surface area contributed by atoms with Crippen LogP contribution in [0.2, 0.25) is 0 Å². The summed E-state index contributed by atoms with van der Waals surface area (Å²) in [5, 5.41) is -0.663. The third-order valence-corrected chi connectivity index (χ3v) is 4.40. The quantitative estimate of drug-likeness (QED) is 0.758. The Bertz CT molecular complexity index is 501. The maximum atomic E-state index is 12.8. The number of halogens is 3. The van der Waals surface area contributed by atoms with E-state index in [1.165, 1.54) is 6.07 Å². The smallest absolute Gasteiger partial charge is 0.212 e. The van der Waals surface area contributed by atoms with Gasteiger partial charge in [0.15, 0.2) is 11.6 Å². The first kappa shape index (κ1) is 10.8. The predicted molar refractivity (Wildman–Crippen MR) is 52.3 cm³/mol. The molecule has 0 heterocycles. The molecule has 1 saturated carbocycles. The second-order valence-corrected chi connectivity index (χ2v) is 6.38. The summed E-state index contributed by atoms with van der Waals surface area (Å²) >= 11 is 0. The van der Waals surface area contributed by atoms with E-state index in [1.54, 1.807) is 0 Å². The van der Waals surface area contributed by atoms with Gasteiger partial charge in [0.1, 0.15) is 0 Å². The van der Waals surface area contributed by atoms with Crippen molar-refractivity contribution in [2.24, 2.45) is 0 Å². The summed E-state index contributed by atoms with van der Waals surface area (Å²) < 4.78 is 47.3. The molecule has 0 bridgehead atoms. The van der Waals surface area contributed by atoms with E-state index in [4.69, 9.17) is 10.7 Å². The monoisotopic (exact) mass is 252 g/mol. The SMILES string of the molecule is O=S(=O)(Cl)C1CC1c1ccc(F)c(F)c1. The Morgan fingerprint density at radius 3 is 2.40 bits per heavy atom. The fraction of sp³-hybridized carbons (Fsp3) is 0.333. The van der Waals surface area contributed by atoms with Gasteiger partial charge in [-0.15, -0.1) is 0 Å². The van der Waals surface area contributed by atoms with E-state index >= 15 is 0 Å². The number of hydrogen-bond acceptors (Lipinski definition) is 2. The van der Waals surface area contributed by atoms with E-state index in [-0.39, 0.29) is 5.92 Å². The molecular weight excluding hydrogens is 246 g/mol. The molecule has 0 amide bonds. The lowest BCUT2D eigenvalue weighted by Gasteiger charge is -1.99. The Balaban J connectivity index is 2.24. The van der Waals surface area contributed by atoms with Crippen molar-refractivity contribution in [3.05, 3.63) is 35.4 Å². The van der Waals surface area contributed by atoms with Gasteiger partial charge in [0, 0.05) is 16.6 Å². The summed E-state index contributed by atoms with van der Waals surface area (Å²) in [5.74, 6) is -2.21. The minimum atomic E-state index is -3.59. The molecule has 0 radical (unpaired) electrons. The molecule has 2 atom stereocenters. The second-order valence-electron chi connectivity index (χ2n) is 3.53. The third kappa shape index (κ3) is 2.13. The Morgan fingerprint density at radius 1 is 1.27 bits per heavy atom. The fourth-order valence-electron chi connectivity index (χ4n) is 1.58. The van der Waals surface area contributed by atoms with Crippen LogP contribution in [0.3, 0.4) is 0 Å². The highest BCUT2D eigenvalue weighted by atomic mass is 35.7. The van der Waals surface area contributed by atoms with Crippen LogP contribution in [-0.2, 0) is 9.05 Å². The van der Waals surface area contributed by atoms with Crippen LogP contribution < -0.4 is 0 Å². The summed E-state index contributed by atoms with van der Waals surface area (Å²) in [7, 11) is 1.56. The minimum absolute atomic E-state index is 0.303. The van der Waals surface area contributed by atoms with Crippen molar-refractivity contribution in [3.8, 4) is 0 Å². The highest BCUT2D eigenvalue weighted by Gasteiger charge is 2.47. The first-order chi connectivity index (χ1) is 6.89. The highest BCUT2D eigenvalue weighted by Crippen LogP contribution is 2.47. The van der Waals surface area contributed by atoms with Crippen LogP contribution in [0.4, 0.5) is 8.78 Å². The molecule has 15 heavy (non-hydrogen) atoms. The molecule has 1 fully saturated rings. The Labute approximate surface area is 90.3 Å². The van der Waals surface area contributed by atoms with Crippen molar-refractivity contribution in [2.75, 3.05) is 0 Å². The van der Waals surface area contributed by atoms with Gasteiger partial charge >= 0.3 is 0 Å². The van der Waals surface area contributed by atoms with Gasteiger partial charge in [-0.05, 0) is 24.1 Å². The van der Waals surface area contributed by atoms with Gasteiger partial charge in [-0.2, -0.15) is 0 Å².